The first-order valence-electron chi connectivity index (χ1n) is 2.71. The van der Waals surface area contributed by atoms with Gasteiger partial charge in [-0.3, -0.25) is 9.59 Å². The van der Waals surface area contributed by atoms with Crippen molar-refractivity contribution in [3.8, 4) is 12.3 Å². The predicted molar refractivity (Wildman–Crippen MR) is 35.4 cm³/mol. The molecule has 58 valence electrons. The molecule has 0 aliphatic heterocycles. The highest BCUT2D eigenvalue weighted by molar-refractivity contribution is 6.17. The van der Waals surface area contributed by atoms with Gasteiger partial charge in [-0.05, 0) is 5.92 Å². The number of hydrogen-bond donors (Lipinski definition) is 0. The molecule has 0 fully saturated rings. The minimum Gasteiger partial charge on any atom is -0.468 e. The predicted octanol–water partition coefficient (Wildman–Crippen LogP) is -0.823. The molecule has 0 amide bonds. The fourth-order valence-electron chi connectivity index (χ4n) is 0.441. The monoisotopic (exact) mass is 154 g/mol. The molecule has 0 saturated heterocycles. The number of carbonyl (C=O) groups excluding carboxylic acids is 3. The molecular weight excluding hydrogens is 148 g/mol. The average Bonchev–Trinajstić information content (AvgIpc) is 2.05. The Balaban J connectivity index is 4.43. The first-order chi connectivity index (χ1) is 5.17. The molecule has 0 aromatic heterocycles. The molecule has 0 spiro atoms. The maximum absolute atomic E-state index is 10.6. The van der Waals surface area contributed by atoms with E-state index in [0.29, 0.717) is 0 Å². The summed E-state index contributed by atoms with van der Waals surface area (Å²) in [7, 11) is 1.07. The van der Waals surface area contributed by atoms with E-state index in [1.54, 1.807) is 5.92 Å². The number of methoxy groups -OCH3 is 1. The number of ether oxygens (including phenoxy) is 1. The van der Waals surface area contributed by atoms with Gasteiger partial charge in [0.25, 0.3) is 0 Å². The van der Waals surface area contributed by atoms with Gasteiger partial charge in [-0.1, -0.05) is 0 Å². The Morgan fingerprint density at radius 2 is 2.18 bits per heavy atom. The van der Waals surface area contributed by atoms with E-state index in [-0.39, 0.29) is 6.29 Å². The van der Waals surface area contributed by atoms with E-state index >= 15 is 0 Å². The van der Waals surface area contributed by atoms with Crippen molar-refractivity contribution in [1.82, 2.24) is 0 Å². The number of Topliss-reactive ketones (excluding diaryl/α,β-unsaturated/α-hetero) is 1. The molecule has 4 heteroatoms. The number of aldehydes is 1. The molecule has 0 aromatic rings. The van der Waals surface area contributed by atoms with Gasteiger partial charge >= 0.3 is 5.97 Å². The van der Waals surface area contributed by atoms with E-state index in [1.165, 1.54) is 0 Å². The first kappa shape index (κ1) is 9.37. The summed E-state index contributed by atoms with van der Waals surface area (Å²) in [6, 6.07) is 0. The van der Waals surface area contributed by atoms with Crippen LogP contribution in [0.3, 0.4) is 0 Å². The van der Waals surface area contributed by atoms with E-state index in [0.717, 1.165) is 7.11 Å². The summed E-state index contributed by atoms with van der Waals surface area (Å²) in [4.78, 5) is 31.2. The lowest BCUT2D eigenvalue weighted by molar-refractivity contribution is -0.149. The minimum absolute atomic E-state index is 0.161. The molecule has 11 heavy (non-hydrogen) atoms. The van der Waals surface area contributed by atoms with Gasteiger partial charge in [0.2, 0.25) is 5.78 Å². The fourth-order valence-corrected chi connectivity index (χ4v) is 0.441. The van der Waals surface area contributed by atoms with Crippen LogP contribution in [0.5, 0.6) is 0 Å². The van der Waals surface area contributed by atoms with Crippen molar-refractivity contribution >= 4 is 18.0 Å². The zero-order chi connectivity index (χ0) is 8.85. The summed E-state index contributed by atoms with van der Waals surface area (Å²) < 4.78 is 4.14. The normalized spacial score (nSPS) is 10.9. The molecule has 4 nitrogen and oxygen atoms in total. The highest BCUT2D eigenvalue weighted by atomic mass is 16.5. The molecule has 0 aromatic carbocycles. The summed E-state index contributed by atoms with van der Waals surface area (Å²) in [6.07, 6.45) is 4.84. The van der Waals surface area contributed by atoms with E-state index in [1.807, 2.05) is 0 Å². The number of esters is 1. The van der Waals surface area contributed by atoms with E-state index < -0.39 is 17.7 Å². The van der Waals surface area contributed by atoms with Gasteiger partial charge in [-0.15, -0.1) is 6.42 Å². The molecule has 0 bridgehead atoms. The fraction of sp³-hybridized carbons (Fsp3) is 0.286. The van der Waals surface area contributed by atoms with Crippen LogP contribution in [-0.2, 0) is 19.1 Å². The van der Waals surface area contributed by atoms with Gasteiger partial charge < -0.3 is 9.53 Å². The van der Waals surface area contributed by atoms with Gasteiger partial charge in [0, 0.05) is 0 Å². The van der Waals surface area contributed by atoms with Crippen molar-refractivity contribution in [2.24, 2.45) is 5.92 Å². The molecule has 0 saturated carbocycles. The first-order valence-corrected chi connectivity index (χ1v) is 2.71. The van der Waals surface area contributed by atoms with Crippen LogP contribution in [0.15, 0.2) is 0 Å². The number of carbonyl (C=O) groups is 3. The molecule has 1 unspecified atom stereocenters. The van der Waals surface area contributed by atoms with Crippen LogP contribution in [0.2, 0.25) is 0 Å². The van der Waals surface area contributed by atoms with Crippen molar-refractivity contribution in [1.29, 1.82) is 0 Å². The highest BCUT2D eigenvalue weighted by Gasteiger charge is 2.24. The molecule has 0 heterocycles. The lowest BCUT2D eigenvalue weighted by Gasteiger charge is -2.00. The average molecular weight is 154 g/mol. The van der Waals surface area contributed by atoms with Crippen molar-refractivity contribution in [2.75, 3.05) is 7.11 Å². The number of terminal acetylenes is 1. The second kappa shape index (κ2) is 4.23. The minimum atomic E-state index is -1.47. The second-order valence-electron chi connectivity index (χ2n) is 1.65. The zero-order valence-electron chi connectivity index (χ0n) is 5.87. The SMILES string of the molecule is C#CC(=O)C(C=O)C(=O)OC. The number of rotatable bonds is 3. The van der Waals surface area contributed by atoms with E-state index in [9.17, 15) is 14.4 Å². The third-order valence-electron chi connectivity index (χ3n) is 1.02. The van der Waals surface area contributed by atoms with Gasteiger partial charge in [-0.2, -0.15) is 0 Å². The molecule has 0 radical (unpaired) electrons. The highest BCUT2D eigenvalue weighted by Crippen LogP contribution is 1.95. The Morgan fingerprint density at radius 3 is 2.45 bits per heavy atom. The summed E-state index contributed by atoms with van der Waals surface area (Å²) in [5, 5.41) is 0. The van der Waals surface area contributed by atoms with E-state index in [2.05, 4.69) is 11.2 Å². The summed E-state index contributed by atoms with van der Waals surface area (Å²) in [5.74, 6) is -1.62. The van der Waals surface area contributed by atoms with Crippen LogP contribution in [0.4, 0.5) is 0 Å². The standard InChI is InChI=1S/C7H6O4/c1-3-6(9)5(4-8)7(10)11-2/h1,4-5H,2H3. The smallest absolute Gasteiger partial charge is 0.324 e. The third kappa shape index (κ3) is 2.22. The van der Waals surface area contributed by atoms with Crippen molar-refractivity contribution in [3.63, 3.8) is 0 Å². The maximum Gasteiger partial charge on any atom is 0.324 e. The summed E-state index contributed by atoms with van der Waals surface area (Å²) >= 11 is 0. The Kier molecular flexibility index (Phi) is 3.60. The lowest BCUT2D eigenvalue weighted by Crippen LogP contribution is -2.25. The zero-order valence-corrected chi connectivity index (χ0v) is 5.87. The van der Waals surface area contributed by atoms with Crippen molar-refractivity contribution < 1.29 is 19.1 Å². The van der Waals surface area contributed by atoms with Gasteiger partial charge in [0.15, 0.2) is 5.92 Å². The molecule has 0 aliphatic carbocycles. The van der Waals surface area contributed by atoms with Gasteiger partial charge in [0.1, 0.15) is 6.29 Å². The Bertz CT molecular complexity index is 223. The van der Waals surface area contributed by atoms with Crippen molar-refractivity contribution in [3.05, 3.63) is 0 Å². The molecule has 1 atom stereocenters. The quantitative estimate of drug-likeness (QED) is 0.175. The maximum atomic E-state index is 10.6. The molecular formula is C7H6O4. The van der Waals surface area contributed by atoms with Crippen LogP contribution in [0.25, 0.3) is 0 Å². The topological polar surface area (TPSA) is 60.4 Å². The Hall–Kier alpha value is -1.63. The largest absolute Gasteiger partial charge is 0.468 e. The van der Waals surface area contributed by atoms with Crippen LogP contribution in [0.1, 0.15) is 0 Å². The van der Waals surface area contributed by atoms with Crippen molar-refractivity contribution in [2.45, 2.75) is 0 Å². The third-order valence-corrected chi connectivity index (χ3v) is 1.02. The van der Waals surface area contributed by atoms with Crippen LogP contribution in [0, 0.1) is 18.3 Å². The van der Waals surface area contributed by atoms with Gasteiger partial charge in [0.05, 0.1) is 7.11 Å². The molecule has 0 aliphatic rings. The van der Waals surface area contributed by atoms with Crippen LogP contribution in [-0.4, -0.2) is 25.1 Å². The number of hydrogen-bond acceptors (Lipinski definition) is 4. The van der Waals surface area contributed by atoms with E-state index in [4.69, 9.17) is 0 Å². The molecule has 0 N–H and O–H groups in total. The summed E-state index contributed by atoms with van der Waals surface area (Å²) in [6.45, 7) is 0. The number of ketones is 1. The van der Waals surface area contributed by atoms with Gasteiger partial charge in [-0.25, -0.2) is 0 Å². The second-order valence-corrected chi connectivity index (χ2v) is 1.65. The Labute approximate surface area is 63.5 Å². The molecule has 0 rings (SSSR count). The lowest BCUT2D eigenvalue weighted by atomic mass is 10.1. The summed E-state index contributed by atoms with van der Waals surface area (Å²) in [5.41, 5.74) is 0. The Morgan fingerprint density at radius 1 is 1.64 bits per heavy atom. The van der Waals surface area contributed by atoms with Crippen LogP contribution >= 0.6 is 0 Å². The van der Waals surface area contributed by atoms with Crippen LogP contribution < -0.4 is 0 Å².